The molecule has 0 aromatic heterocycles. The summed E-state index contributed by atoms with van der Waals surface area (Å²) in [6, 6.07) is 6.00. The molecule has 2 unspecified atom stereocenters. The van der Waals surface area contributed by atoms with E-state index in [1.54, 1.807) is 18.2 Å². The third-order valence-electron chi connectivity index (χ3n) is 2.48. The fourth-order valence-corrected chi connectivity index (χ4v) is 1.32. The van der Waals surface area contributed by atoms with Crippen LogP contribution in [0.1, 0.15) is 18.6 Å². The minimum Gasteiger partial charge on any atom is -0.387 e. The molecule has 1 rings (SSSR count). The van der Waals surface area contributed by atoms with Gasteiger partial charge in [0.25, 0.3) is 5.69 Å². The summed E-state index contributed by atoms with van der Waals surface area (Å²) in [5, 5.41) is 23.3. The van der Waals surface area contributed by atoms with Crippen molar-refractivity contribution in [1.29, 1.82) is 0 Å². The lowest BCUT2D eigenvalue weighted by molar-refractivity contribution is -0.384. The SMILES string of the molecule is C=CC(C)NCC(O)c1ccc([N+](=O)[O-])cc1. The lowest BCUT2D eigenvalue weighted by atomic mass is 10.1. The van der Waals surface area contributed by atoms with E-state index in [9.17, 15) is 15.2 Å². The molecule has 92 valence electrons. The van der Waals surface area contributed by atoms with Crippen LogP contribution in [-0.2, 0) is 0 Å². The Morgan fingerprint density at radius 2 is 2.12 bits per heavy atom. The maximum Gasteiger partial charge on any atom is 0.269 e. The zero-order valence-corrected chi connectivity index (χ0v) is 9.67. The molecule has 0 heterocycles. The molecule has 1 aromatic rings. The van der Waals surface area contributed by atoms with E-state index in [0.29, 0.717) is 12.1 Å². The Kier molecular flexibility index (Phi) is 4.81. The summed E-state index contributed by atoms with van der Waals surface area (Å²) < 4.78 is 0. The Morgan fingerprint density at radius 1 is 1.53 bits per heavy atom. The van der Waals surface area contributed by atoms with Gasteiger partial charge in [-0.2, -0.15) is 0 Å². The van der Waals surface area contributed by atoms with E-state index in [0.717, 1.165) is 0 Å². The van der Waals surface area contributed by atoms with Crippen molar-refractivity contribution in [2.24, 2.45) is 0 Å². The second-order valence-corrected chi connectivity index (χ2v) is 3.80. The first-order valence-electron chi connectivity index (χ1n) is 5.33. The van der Waals surface area contributed by atoms with Crippen LogP contribution in [-0.4, -0.2) is 22.6 Å². The number of nitrogens with zero attached hydrogens (tertiary/aromatic N) is 1. The van der Waals surface area contributed by atoms with Gasteiger partial charge in [-0.25, -0.2) is 0 Å². The molecule has 0 amide bonds. The van der Waals surface area contributed by atoms with Crippen LogP contribution in [0.3, 0.4) is 0 Å². The summed E-state index contributed by atoms with van der Waals surface area (Å²) >= 11 is 0. The van der Waals surface area contributed by atoms with E-state index in [2.05, 4.69) is 11.9 Å². The third-order valence-corrected chi connectivity index (χ3v) is 2.48. The highest BCUT2D eigenvalue weighted by atomic mass is 16.6. The van der Waals surface area contributed by atoms with E-state index in [-0.39, 0.29) is 11.7 Å². The average Bonchev–Trinajstić information content (AvgIpc) is 2.35. The summed E-state index contributed by atoms with van der Waals surface area (Å²) in [6.07, 6.45) is 1.06. The van der Waals surface area contributed by atoms with Gasteiger partial charge in [-0.3, -0.25) is 10.1 Å². The van der Waals surface area contributed by atoms with E-state index in [4.69, 9.17) is 0 Å². The van der Waals surface area contributed by atoms with Gasteiger partial charge < -0.3 is 10.4 Å². The van der Waals surface area contributed by atoms with Crippen LogP contribution in [0.15, 0.2) is 36.9 Å². The van der Waals surface area contributed by atoms with Gasteiger partial charge in [0.05, 0.1) is 11.0 Å². The van der Waals surface area contributed by atoms with Crippen molar-refractivity contribution in [2.45, 2.75) is 19.1 Å². The smallest absolute Gasteiger partial charge is 0.269 e. The van der Waals surface area contributed by atoms with Crippen molar-refractivity contribution in [3.63, 3.8) is 0 Å². The van der Waals surface area contributed by atoms with Crippen molar-refractivity contribution in [3.8, 4) is 0 Å². The van der Waals surface area contributed by atoms with Gasteiger partial charge in [0, 0.05) is 24.7 Å². The van der Waals surface area contributed by atoms with Crippen molar-refractivity contribution < 1.29 is 10.0 Å². The minimum absolute atomic E-state index is 0.0216. The summed E-state index contributed by atoms with van der Waals surface area (Å²) in [6.45, 7) is 5.93. The number of aliphatic hydroxyl groups is 1. The zero-order valence-electron chi connectivity index (χ0n) is 9.67. The van der Waals surface area contributed by atoms with E-state index >= 15 is 0 Å². The number of nitrogens with one attached hydrogen (secondary N) is 1. The normalized spacial score (nSPS) is 14.0. The maximum atomic E-state index is 10.5. The molecule has 5 nitrogen and oxygen atoms in total. The molecular formula is C12H16N2O3. The third kappa shape index (κ3) is 3.97. The van der Waals surface area contributed by atoms with Gasteiger partial charge in [0.15, 0.2) is 0 Å². The minimum atomic E-state index is -0.682. The Morgan fingerprint density at radius 3 is 2.59 bits per heavy atom. The number of hydrogen-bond acceptors (Lipinski definition) is 4. The van der Waals surface area contributed by atoms with Crippen LogP contribution in [0.25, 0.3) is 0 Å². The zero-order chi connectivity index (χ0) is 12.8. The second-order valence-electron chi connectivity index (χ2n) is 3.80. The predicted octanol–water partition coefficient (Wildman–Crippen LogP) is 1.79. The lowest BCUT2D eigenvalue weighted by Crippen LogP contribution is -2.28. The van der Waals surface area contributed by atoms with Crippen molar-refractivity contribution >= 4 is 5.69 Å². The highest BCUT2D eigenvalue weighted by Gasteiger charge is 2.10. The summed E-state index contributed by atoms with van der Waals surface area (Å²) in [4.78, 5) is 9.99. The van der Waals surface area contributed by atoms with Crippen molar-refractivity contribution in [1.82, 2.24) is 5.32 Å². The Balaban J connectivity index is 2.60. The number of hydrogen-bond donors (Lipinski definition) is 2. The number of nitro benzene ring substituents is 1. The van der Waals surface area contributed by atoms with Gasteiger partial charge >= 0.3 is 0 Å². The van der Waals surface area contributed by atoms with Gasteiger partial charge in [-0.15, -0.1) is 6.58 Å². The van der Waals surface area contributed by atoms with E-state index in [1.807, 2.05) is 6.92 Å². The highest BCUT2D eigenvalue weighted by Crippen LogP contribution is 2.17. The molecular weight excluding hydrogens is 220 g/mol. The highest BCUT2D eigenvalue weighted by molar-refractivity contribution is 5.33. The second kappa shape index (κ2) is 6.12. The summed E-state index contributed by atoms with van der Waals surface area (Å²) in [5.41, 5.74) is 0.674. The quantitative estimate of drug-likeness (QED) is 0.448. The molecule has 0 bridgehead atoms. The topological polar surface area (TPSA) is 75.4 Å². The average molecular weight is 236 g/mol. The van der Waals surface area contributed by atoms with Gasteiger partial charge in [0.2, 0.25) is 0 Å². The molecule has 0 radical (unpaired) electrons. The molecule has 0 fully saturated rings. The number of rotatable bonds is 6. The molecule has 0 aliphatic heterocycles. The van der Waals surface area contributed by atoms with Gasteiger partial charge in [-0.05, 0) is 24.6 Å². The fourth-order valence-electron chi connectivity index (χ4n) is 1.32. The monoisotopic (exact) mass is 236 g/mol. The molecule has 0 aliphatic rings. The molecule has 5 heteroatoms. The molecule has 0 spiro atoms. The Labute approximate surface area is 99.9 Å². The van der Waals surface area contributed by atoms with Crippen LogP contribution in [0.4, 0.5) is 5.69 Å². The predicted molar refractivity (Wildman–Crippen MR) is 65.7 cm³/mol. The number of nitro groups is 1. The molecule has 17 heavy (non-hydrogen) atoms. The molecule has 2 N–H and O–H groups in total. The van der Waals surface area contributed by atoms with Gasteiger partial charge in [0.1, 0.15) is 0 Å². The van der Waals surface area contributed by atoms with E-state index < -0.39 is 11.0 Å². The molecule has 0 aliphatic carbocycles. The summed E-state index contributed by atoms with van der Waals surface area (Å²) in [5.74, 6) is 0. The molecule has 0 saturated carbocycles. The molecule has 1 aromatic carbocycles. The molecule has 0 saturated heterocycles. The van der Waals surface area contributed by atoms with Crippen LogP contribution in [0.5, 0.6) is 0 Å². The summed E-state index contributed by atoms with van der Waals surface area (Å²) in [7, 11) is 0. The van der Waals surface area contributed by atoms with Gasteiger partial charge in [-0.1, -0.05) is 6.08 Å². The Hall–Kier alpha value is -1.72. The van der Waals surface area contributed by atoms with Crippen molar-refractivity contribution in [2.75, 3.05) is 6.54 Å². The number of benzene rings is 1. The van der Waals surface area contributed by atoms with Crippen LogP contribution < -0.4 is 5.32 Å². The number of non-ortho nitro benzene ring substituents is 1. The van der Waals surface area contributed by atoms with Crippen LogP contribution in [0, 0.1) is 10.1 Å². The first kappa shape index (κ1) is 13.3. The number of aliphatic hydroxyl groups excluding tert-OH is 1. The maximum absolute atomic E-state index is 10.5. The Bertz CT molecular complexity index is 389. The van der Waals surface area contributed by atoms with Crippen LogP contribution >= 0.6 is 0 Å². The first-order chi connectivity index (χ1) is 8.04. The standard InChI is InChI=1S/C12H16N2O3/c1-3-9(2)13-8-12(15)10-4-6-11(7-5-10)14(16)17/h3-7,9,12-13,15H,1,8H2,2H3. The molecule has 2 atom stereocenters. The van der Waals surface area contributed by atoms with Crippen LogP contribution in [0.2, 0.25) is 0 Å². The fraction of sp³-hybridized carbons (Fsp3) is 0.333. The lowest BCUT2D eigenvalue weighted by Gasteiger charge is -2.14. The van der Waals surface area contributed by atoms with Crippen molar-refractivity contribution in [3.05, 3.63) is 52.6 Å². The largest absolute Gasteiger partial charge is 0.387 e. The van der Waals surface area contributed by atoms with E-state index in [1.165, 1.54) is 12.1 Å². The first-order valence-corrected chi connectivity index (χ1v) is 5.33.